The fraction of sp³-hybridized carbons (Fsp3) is 0.0714. The van der Waals surface area contributed by atoms with Crippen molar-refractivity contribution in [1.82, 2.24) is 0 Å². The Hall–Kier alpha value is -2.70. The summed E-state index contributed by atoms with van der Waals surface area (Å²) in [7, 11) is 0. The van der Waals surface area contributed by atoms with Gasteiger partial charge >= 0.3 is 6.18 Å². The fourth-order valence-corrected chi connectivity index (χ4v) is 1.81. The van der Waals surface area contributed by atoms with Gasteiger partial charge in [0.25, 0.3) is 5.91 Å². The molecule has 2 rings (SSSR count). The topological polar surface area (TPSA) is 81.1 Å². The molecule has 0 aliphatic carbocycles. The summed E-state index contributed by atoms with van der Waals surface area (Å²) in [5.74, 6) is -0.882. The molecule has 7 heteroatoms. The predicted octanol–water partition coefficient (Wildman–Crippen LogP) is 3.12. The molecule has 0 saturated carbocycles. The molecular formula is C14H12F3N3O. The minimum Gasteiger partial charge on any atom is -0.399 e. The molecule has 2 aromatic carbocycles. The lowest BCUT2D eigenvalue weighted by Crippen LogP contribution is -2.19. The van der Waals surface area contributed by atoms with E-state index in [0.29, 0.717) is 11.4 Å². The van der Waals surface area contributed by atoms with Gasteiger partial charge in [0.05, 0.1) is 11.1 Å². The van der Waals surface area contributed by atoms with Gasteiger partial charge in [0, 0.05) is 17.1 Å². The molecule has 21 heavy (non-hydrogen) atoms. The third-order valence-corrected chi connectivity index (χ3v) is 2.74. The van der Waals surface area contributed by atoms with Crippen LogP contribution >= 0.6 is 0 Å². The van der Waals surface area contributed by atoms with Crippen LogP contribution in [0.3, 0.4) is 0 Å². The van der Waals surface area contributed by atoms with Gasteiger partial charge < -0.3 is 16.8 Å². The van der Waals surface area contributed by atoms with Crippen LogP contribution in [0.1, 0.15) is 15.9 Å². The Labute approximate surface area is 118 Å². The van der Waals surface area contributed by atoms with Crippen LogP contribution in [0.2, 0.25) is 0 Å². The number of nitrogen functional groups attached to an aromatic ring is 2. The number of anilines is 3. The quantitative estimate of drug-likeness (QED) is 0.744. The first-order valence-corrected chi connectivity index (χ1v) is 5.91. The largest absolute Gasteiger partial charge is 0.417 e. The molecule has 0 atom stereocenters. The van der Waals surface area contributed by atoms with Crippen molar-refractivity contribution in [3.63, 3.8) is 0 Å². The van der Waals surface area contributed by atoms with E-state index in [2.05, 4.69) is 5.32 Å². The monoisotopic (exact) mass is 295 g/mol. The lowest BCUT2D eigenvalue weighted by atomic mass is 10.1. The van der Waals surface area contributed by atoms with E-state index in [1.807, 2.05) is 0 Å². The SMILES string of the molecule is Nc1cccc(NC(=O)c2ccc(N)cc2C(F)(F)F)c1. The number of rotatable bonds is 2. The second-order valence-corrected chi connectivity index (χ2v) is 4.38. The number of carbonyl (C=O) groups is 1. The molecule has 110 valence electrons. The summed E-state index contributed by atoms with van der Waals surface area (Å²) in [6.45, 7) is 0. The molecule has 0 unspecified atom stereocenters. The fourth-order valence-electron chi connectivity index (χ4n) is 1.81. The summed E-state index contributed by atoms with van der Waals surface area (Å²) < 4.78 is 38.8. The van der Waals surface area contributed by atoms with Crippen LogP contribution in [0.15, 0.2) is 42.5 Å². The van der Waals surface area contributed by atoms with E-state index in [1.165, 1.54) is 18.2 Å². The van der Waals surface area contributed by atoms with Gasteiger partial charge in [-0.1, -0.05) is 6.07 Å². The molecule has 1 amide bonds. The average Bonchev–Trinajstić information content (AvgIpc) is 2.37. The molecule has 0 fully saturated rings. The van der Waals surface area contributed by atoms with Crippen molar-refractivity contribution >= 4 is 23.0 Å². The summed E-state index contributed by atoms with van der Waals surface area (Å²) in [4.78, 5) is 12.0. The Bertz CT molecular complexity index is 683. The first-order chi connectivity index (χ1) is 9.77. The number of hydrogen-bond donors (Lipinski definition) is 3. The Balaban J connectivity index is 2.35. The Morgan fingerprint density at radius 3 is 2.29 bits per heavy atom. The summed E-state index contributed by atoms with van der Waals surface area (Å²) in [5, 5.41) is 2.37. The zero-order valence-corrected chi connectivity index (χ0v) is 10.7. The molecule has 0 aromatic heterocycles. The van der Waals surface area contributed by atoms with Crippen molar-refractivity contribution in [3.8, 4) is 0 Å². The summed E-state index contributed by atoms with van der Waals surface area (Å²) in [5.41, 5.74) is 9.95. The third-order valence-electron chi connectivity index (χ3n) is 2.74. The summed E-state index contributed by atoms with van der Waals surface area (Å²) in [6.07, 6.45) is -4.67. The predicted molar refractivity (Wildman–Crippen MR) is 74.7 cm³/mol. The van der Waals surface area contributed by atoms with Crippen LogP contribution in [0.5, 0.6) is 0 Å². The van der Waals surface area contributed by atoms with E-state index in [-0.39, 0.29) is 5.69 Å². The van der Waals surface area contributed by atoms with Crippen molar-refractivity contribution < 1.29 is 18.0 Å². The van der Waals surface area contributed by atoms with Gasteiger partial charge in [-0.05, 0) is 36.4 Å². The normalized spacial score (nSPS) is 11.2. The third kappa shape index (κ3) is 3.44. The summed E-state index contributed by atoms with van der Waals surface area (Å²) >= 11 is 0. The highest BCUT2D eigenvalue weighted by Crippen LogP contribution is 2.33. The van der Waals surface area contributed by atoms with Gasteiger partial charge in [0.1, 0.15) is 0 Å². The van der Waals surface area contributed by atoms with Crippen LogP contribution in [0.4, 0.5) is 30.2 Å². The molecule has 0 aliphatic rings. The number of alkyl halides is 3. The zero-order chi connectivity index (χ0) is 15.6. The molecule has 0 heterocycles. The second-order valence-electron chi connectivity index (χ2n) is 4.38. The van der Waals surface area contributed by atoms with Gasteiger partial charge in [0.2, 0.25) is 0 Å². The lowest BCUT2D eigenvalue weighted by Gasteiger charge is -2.13. The zero-order valence-electron chi connectivity index (χ0n) is 10.7. The number of nitrogens with two attached hydrogens (primary N) is 2. The molecule has 0 saturated heterocycles. The van der Waals surface area contributed by atoms with E-state index in [4.69, 9.17) is 11.5 Å². The number of amides is 1. The number of benzene rings is 2. The highest BCUT2D eigenvalue weighted by atomic mass is 19.4. The van der Waals surface area contributed by atoms with E-state index in [0.717, 1.165) is 12.1 Å². The van der Waals surface area contributed by atoms with E-state index >= 15 is 0 Å². The minimum atomic E-state index is -4.67. The van der Waals surface area contributed by atoms with Gasteiger partial charge in [-0.25, -0.2) is 0 Å². The van der Waals surface area contributed by atoms with Crippen LogP contribution in [-0.4, -0.2) is 5.91 Å². The van der Waals surface area contributed by atoms with Crippen LogP contribution in [0.25, 0.3) is 0 Å². The van der Waals surface area contributed by atoms with Crippen LogP contribution < -0.4 is 16.8 Å². The van der Waals surface area contributed by atoms with Gasteiger partial charge in [-0.3, -0.25) is 4.79 Å². The molecule has 0 bridgehead atoms. The molecule has 0 aliphatic heterocycles. The van der Waals surface area contributed by atoms with E-state index in [9.17, 15) is 18.0 Å². The molecule has 0 radical (unpaired) electrons. The number of hydrogen-bond acceptors (Lipinski definition) is 3. The minimum absolute atomic E-state index is 0.0668. The van der Waals surface area contributed by atoms with Gasteiger partial charge in [-0.2, -0.15) is 13.2 Å². The van der Waals surface area contributed by atoms with Crippen molar-refractivity contribution in [3.05, 3.63) is 53.6 Å². The standard InChI is InChI=1S/C14H12F3N3O/c15-14(16,17)12-7-9(19)4-5-11(12)13(21)20-10-3-1-2-8(18)6-10/h1-7H,18-19H2,(H,20,21). The number of halogens is 3. The smallest absolute Gasteiger partial charge is 0.399 e. The Kier molecular flexibility index (Phi) is 3.75. The lowest BCUT2D eigenvalue weighted by molar-refractivity contribution is -0.137. The van der Waals surface area contributed by atoms with Crippen molar-refractivity contribution in [2.24, 2.45) is 0 Å². The molecule has 5 N–H and O–H groups in total. The summed E-state index contributed by atoms with van der Waals surface area (Å²) in [6, 6.07) is 9.16. The first-order valence-electron chi connectivity index (χ1n) is 5.91. The highest BCUT2D eigenvalue weighted by Gasteiger charge is 2.35. The maximum atomic E-state index is 12.9. The maximum absolute atomic E-state index is 12.9. The Morgan fingerprint density at radius 1 is 1.00 bits per heavy atom. The van der Waals surface area contributed by atoms with Crippen molar-refractivity contribution in [1.29, 1.82) is 0 Å². The number of carbonyl (C=O) groups excluding carboxylic acids is 1. The highest BCUT2D eigenvalue weighted by molar-refractivity contribution is 6.05. The van der Waals surface area contributed by atoms with Gasteiger partial charge in [0.15, 0.2) is 0 Å². The maximum Gasteiger partial charge on any atom is 0.417 e. The van der Waals surface area contributed by atoms with Crippen molar-refractivity contribution in [2.45, 2.75) is 6.18 Å². The molecule has 2 aromatic rings. The first kappa shape index (κ1) is 14.7. The molecular weight excluding hydrogens is 283 g/mol. The average molecular weight is 295 g/mol. The van der Waals surface area contributed by atoms with E-state index in [1.54, 1.807) is 12.1 Å². The van der Waals surface area contributed by atoms with Crippen molar-refractivity contribution in [2.75, 3.05) is 16.8 Å². The molecule has 4 nitrogen and oxygen atoms in total. The van der Waals surface area contributed by atoms with E-state index < -0.39 is 23.2 Å². The van der Waals surface area contributed by atoms with Crippen LogP contribution in [-0.2, 0) is 6.18 Å². The number of nitrogens with one attached hydrogen (secondary N) is 1. The second kappa shape index (κ2) is 5.35. The van der Waals surface area contributed by atoms with Crippen LogP contribution in [0, 0.1) is 0 Å². The Morgan fingerprint density at radius 2 is 1.67 bits per heavy atom. The van der Waals surface area contributed by atoms with Gasteiger partial charge in [-0.15, -0.1) is 0 Å². The molecule has 0 spiro atoms.